The van der Waals surface area contributed by atoms with Gasteiger partial charge in [-0.25, -0.2) is 0 Å². The first kappa shape index (κ1) is 27.4. The molecular formula is C31H37N3O4. The summed E-state index contributed by atoms with van der Waals surface area (Å²) in [4.78, 5) is 30.2. The highest BCUT2D eigenvalue weighted by molar-refractivity contribution is 6.00. The molecule has 0 radical (unpaired) electrons. The van der Waals surface area contributed by atoms with Gasteiger partial charge in [-0.3, -0.25) is 14.5 Å². The lowest BCUT2D eigenvalue weighted by Gasteiger charge is -2.38. The minimum Gasteiger partial charge on any atom is -0.488 e. The summed E-state index contributed by atoms with van der Waals surface area (Å²) in [5.74, 6) is 0.133. The number of carbonyl (C=O) groups excluding carboxylic acids is 2. The fraction of sp³-hybridized carbons (Fsp3) is 0.355. The zero-order chi connectivity index (χ0) is 27.1. The van der Waals surface area contributed by atoms with Gasteiger partial charge in [0.15, 0.2) is 0 Å². The molecular weight excluding hydrogens is 478 g/mol. The third-order valence-electron chi connectivity index (χ3n) is 6.94. The first-order valence-electron chi connectivity index (χ1n) is 13.1. The lowest BCUT2D eigenvalue weighted by atomic mass is 9.99. The monoisotopic (exact) mass is 515 g/mol. The van der Waals surface area contributed by atoms with Crippen molar-refractivity contribution < 1.29 is 19.4 Å². The summed E-state index contributed by atoms with van der Waals surface area (Å²) in [7, 11) is 2.06. The SMILES string of the molecule is C[C@@H]1CN([C@@H](C)CO)C(=O)c2cc(NC(=O)Cc3ccccc3)ccc2O[C@@H]1CN(C)Cc1ccccc1. The summed E-state index contributed by atoms with van der Waals surface area (Å²) in [6, 6.07) is 24.6. The third kappa shape index (κ3) is 7.00. The molecule has 2 amide bonds. The number of rotatable bonds is 9. The van der Waals surface area contributed by atoms with Crippen molar-refractivity contribution >= 4 is 17.5 Å². The summed E-state index contributed by atoms with van der Waals surface area (Å²) in [5, 5.41) is 12.8. The molecule has 7 heteroatoms. The van der Waals surface area contributed by atoms with Crippen LogP contribution in [-0.4, -0.2) is 65.6 Å². The van der Waals surface area contributed by atoms with Crippen molar-refractivity contribution in [2.24, 2.45) is 5.92 Å². The number of nitrogens with one attached hydrogen (secondary N) is 1. The minimum atomic E-state index is -0.352. The Labute approximate surface area is 225 Å². The lowest BCUT2D eigenvalue weighted by molar-refractivity contribution is -0.115. The van der Waals surface area contributed by atoms with Gasteiger partial charge in [-0.2, -0.15) is 0 Å². The highest BCUT2D eigenvalue weighted by Crippen LogP contribution is 2.31. The molecule has 0 unspecified atom stereocenters. The maximum Gasteiger partial charge on any atom is 0.258 e. The molecule has 2 N–H and O–H groups in total. The molecule has 3 aromatic rings. The topological polar surface area (TPSA) is 82.1 Å². The Balaban J connectivity index is 1.56. The Morgan fingerprint density at radius 3 is 2.39 bits per heavy atom. The van der Waals surface area contributed by atoms with Gasteiger partial charge in [-0.15, -0.1) is 0 Å². The number of likely N-dealkylation sites (N-methyl/N-ethyl adjacent to an activating group) is 1. The minimum absolute atomic E-state index is 0.0320. The van der Waals surface area contributed by atoms with Gasteiger partial charge < -0.3 is 20.1 Å². The average molecular weight is 516 g/mol. The normalized spacial score (nSPS) is 18.2. The number of aliphatic hydroxyl groups excluding tert-OH is 1. The molecule has 1 aliphatic heterocycles. The van der Waals surface area contributed by atoms with Gasteiger partial charge >= 0.3 is 0 Å². The molecule has 0 bridgehead atoms. The maximum absolute atomic E-state index is 13.6. The van der Waals surface area contributed by atoms with Crippen molar-refractivity contribution in [2.75, 3.05) is 32.1 Å². The van der Waals surface area contributed by atoms with Crippen LogP contribution in [0.25, 0.3) is 0 Å². The molecule has 3 atom stereocenters. The Kier molecular flexibility index (Phi) is 9.15. The Hall–Kier alpha value is -3.68. The van der Waals surface area contributed by atoms with E-state index in [2.05, 4.69) is 36.3 Å². The standard InChI is InChI=1S/C31H37N3O4/c1-22-18-34(23(2)21-35)31(37)27-17-26(32-30(36)16-24-10-6-4-7-11-24)14-15-28(27)38-29(22)20-33(3)19-25-12-8-5-9-13-25/h4-15,17,22-23,29,35H,16,18-21H2,1-3H3,(H,32,36)/t22-,23+,29-/m1/s1. The first-order chi connectivity index (χ1) is 18.3. The molecule has 200 valence electrons. The van der Waals surface area contributed by atoms with Gasteiger partial charge in [-0.1, -0.05) is 67.6 Å². The van der Waals surface area contributed by atoms with E-state index in [1.807, 2.05) is 55.5 Å². The maximum atomic E-state index is 13.6. The number of amides is 2. The number of hydrogen-bond acceptors (Lipinski definition) is 5. The second-order valence-electron chi connectivity index (χ2n) is 10.2. The summed E-state index contributed by atoms with van der Waals surface area (Å²) in [6.45, 7) is 5.68. The molecule has 7 nitrogen and oxygen atoms in total. The van der Waals surface area contributed by atoms with E-state index in [0.29, 0.717) is 30.1 Å². The highest BCUT2D eigenvalue weighted by atomic mass is 16.5. The zero-order valence-electron chi connectivity index (χ0n) is 22.3. The smallest absolute Gasteiger partial charge is 0.258 e. The Morgan fingerprint density at radius 1 is 1.08 bits per heavy atom. The van der Waals surface area contributed by atoms with E-state index < -0.39 is 0 Å². The predicted molar refractivity (Wildman–Crippen MR) is 149 cm³/mol. The lowest BCUT2D eigenvalue weighted by Crippen LogP contribution is -2.49. The van der Waals surface area contributed by atoms with Crippen LogP contribution < -0.4 is 10.1 Å². The molecule has 0 aliphatic carbocycles. The van der Waals surface area contributed by atoms with E-state index >= 15 is 0 Å². The van der Waals surface area contributed by atoms with Crippen LogP contribution >= 0.6 is 0 Å². The number of fused-ring (bicyclic) bond motifs is 1. The molecule has 0 spiro atoms. The molecule has 0 saturated carbocycles. The second kappa shape index (κ2) is 12.7. The van der Waals surface area contributed by atoms with Crippen LogP contribution in [0.2, 0.25) is 0 Å². The number of nitrogens with zero attached hydrogens (tertiary/aromatic N) is 2. The van der Waals surface area contributed by atoms with E-state index in [0.717, 1.165) is 12.1 Å². The van der Waals surface area contributed by atoms with Crippen LogP contribution in [0.4, 0.5) is 5.69 Å². The molecule has 1 aliphatic rings. The van der Waals surface area contributed by atoms with Gasteiger partial charge in [-0.05, 0) is 43.3 Å². The van der Waals surface area contributed by atoms with Gasteiger partial charge in [0.25, 0.3) is 5.91 Å². The Morgan fingerprint density at radius 2 is 1.74 bits per heavy atom. The number of anilines is 1. The van der Waals surface area contributed by atoms with Crippen molar-refractivity contribution in [3.05, 3.63) is 95.6 Å². The Bertz CT molecular complexity index is 1220. The zero-order valence-corrected chi connectivity index (χ0v) is 22.3. The van der Waals surface area contributed by atoms with Crippen molar-refractivity contribution in [2.45, 2.75) is 39.0 Å². The number of benzene rings is 3. The summed E-state index contributed by atoms with van der Waals surface area (Å²) in [6.07, 6.45) is 0.0612. The van der Waals surface area contributed by atoms with Gasteiger partial charge in [0.1, 0.15) is 11.9 Å². The van der Waals surface area contributed by atoms with Gasteiger partial charge in [0, 0.05) is 31.2 Å². The van der Waals surface area contributed by atoms with Crippen molar-refractivity contribution in [1.29, 1.82) is 0 Å². The van der Waals surface area contributed by atoms with Crippen molar-refractivity contribution in [3.63, 3.8) is 0 Å². The fourth-order valence-corrected chi connectivity index (χ4v) is 4.77. The van der Waals surface area contributed by atoms with E-state index in [4.69, 9.17) is 4.74 Å². The molecule has 3 aromatic carbocycles. The summed E-state index contributed by atoms with van der Waals surface area (Å²) < 4.78 is 6.48. The fourth-order valence-electron chi connectivity index (χ4n) is 4.77. The van der Waals surface area contributed by atoms with Crippen LogP contribution in [0.5, 0.6) is 5.75 Å². The molecule has 38 heavy (non-hydrogen) atoms. The number of aliphatic hydroxyl groups is 1. The molecule has 1 heterocycles. The third-order valence-corrected chi connectivity index (χ3v) is 6.94. The summed E-state index contributed by atoms with van der Waals surface area (Å²) >= 11 is 0. The number of ether oxygens (including phenoxy) is 1. The van der Waals surface area contributed by atoms with Gasteiger partial charge in [0.05, 0.1) is 24.6 Å². The van der Waals surface area contributed by atoms with E-state index in [9.17, 15) is 14.7 Å². The molecule has 0 fully saturated rings. The van der Waals surface area contributed by atoms with Gasteiger partial charge in [0.2, 0.25) is 5.91 Å². The number of carbonyl (C=O) groups is 2. The quantitative estimate of drug-likeness (QED) is 0.446. The van der Waals surface area contributed by atoms with Crippen LogP contribution in [0.15, 0.2) is 78.9 Å². The molecule has 0 saturated heterocycles. The molecule has 4 rings (SSSR count). The van der Waals surface area contributed by atoms with Crippen LogP contribution in [-0.2, 0) is 17.8 Å². The van der Waals surface area contributed by atoms with Crippen LogP contribution in [0, 0.1) is 5.92 Å². The number of hydrogen-bond donors (Lipinski definition) is 2. The van der Waals surface area contributed by atoms with Crippen molar-refractivity contribution in [1.82, 2.24) is 9.80 Å². The first-order valence-corrected chi connectivity index (χ1v) is 13.1. The highest BCUT2D eigenvalue weighted by Gasteiger charge is 2.33. The average Bonchev–Trinajstić information content (AvgIpc) is 2.91. The van der Waals surface area contributed by atoms with E-state index in [-0.39, 0.29) is 42.9 Å². The second-order valence-corrected chi connectivity index (χ2v) is 10.2. The summed E-state index contributed by atoms with van der Waals surface area (Å²) in [5.41, 5.74) is 3.04. The van der Waals surface area contributed by atoms with E-state index in [1.165, 1.54) is 5.56 Å². The largest absolute Gasteiger partial charge is 0.488 e. The molecule has 0 aromatic heterocycles. The predicted octanol–water partition coefficient (Wildman–Crippen LogP) is 4.22. The van der Waals surface area contributed by atoms with Crippen LogP contribution in [0.3, 0.4) is 0 Å². The van der Waals surface area contributed by atoms with Crippen molar-refractivity contribution in [3.8, 4) is 5.75 Å². The van der Waals surface area contributed by atoms with Crippen LogP contribution in [0.1, 0.15) is 35.3 Å². The van der Waals surface area contributed by atoms with E-state index in [1.54, 1.807) is 23.1 Å².